The van der Waals surface area contributed by atoms with Crippen LogP contribution in [0.5, 0.6) is 5.75 Å². The van der Waals surface area contributed by atoms with Crippen molar-refractivity contribution in [1.29, 1.82) is 0 Å². The van der Waals surface area contributed by atoms with Crippen LogP contribution in [0, 0.1) is 0 Å². The highest BCUT2D eigenvalue weighted by Crippen LogP contribution is 2.24. The van der Waals surface area contributed by atoms with Crippen LogP contribution in [0.25, 0.3) is 22.8 Å². The van der Waals surface area contributed by atoms with E-state index in [4.69, 9.17) is 4.74 Å². The molecule has 1 N–H and O–H groups in total. The summed E-state index contributed by atoms with van der Waals surface area (Å²) < 4.78 is 44.1. The molecule has 0 radical (unpaired) electrons. The maximum Gasteiger partial charge on any atom is 0.422 e. The number of aromatic amines is 1. The van der Waals surface area contributed by atoms with Crippen LogP contribution in [0.3, 0.4) is 0 Å². The summed E-state index contributed by atoms with van der Waals surface area (Å²) in [4.78, 5) is 8.64. The van der Waals surface area contributed by atoms with Gasteiger partial charge in [-0.2, -0.15) is 18.4 Å². The van der Waals surface area contributed by atoms with E-state index in [0.29, 0.717) is 29.3 Å². The van der Waals surface area contributed by atoms with Crippen molar-refractivity contribution in [3.05, 3.63) is 60.7 Å². The Labute approximate surface area is 162 Å². The van der Waals surface area contributed by atoms with Gasteiger partial charge >= 0.3 is 6.18 Å². The molecule has 0 aliphatic heterocycles. The third-order valence-electron chi connectivity index (χ3n) is 3.98. The van der Waals surface area contributed by atoms with Crippen molar-refractivity contribution in [2.24, 2.45) is 0 Å². The number of nitrogens with zero attached hydrogens (tertiary/aromatic N) is 6. The summed E-state index contributed by atoms with van der Waals surface area (Å²) in [6.45, 7) is -1.04. The molecule has 0 saturated carbocycles. The van der Waals surface area contributed by atoms with Crippen molar-refractivity contribution in [1.82, 2.24) is 35.2 Å². The van der Waals surface area contributed by atoms with Gasteiger partial charge in [0.2, 0.25) is 5.82 Å². The van der Waals surface area contributed by atoms with Crippen LogP contribution in [0.15, 0.2) is 55.1 Å². The molecule has 0 aliphatic carbocycles. The van der Waals surface area contributed by atoms with Crippen LogP contribution >= 0.6 is 0 Å². The largest absolute Gasteiger partial charge is 0.484 e. The molecule has 4 rings (SSSR count). The number of tetrazole rings is 1. The van der Waals surface area contributed by atoms with Gasteiger partial charge in [0.1, 0.15) is 11.4 Å². The van der Waals surface area contributed by atoms with E-state index in [9.17, 15) is 13.2 Å². The van der Waals surface area contributed by atoms with Gasteiger partial charge in [-0.25, -0.2) is 4.98 Å². The Bertz CT molecular complexity index is 1090. The highest BCUT2D eigenvalue weighted by Gasteiger charge is 2.28. The Balaban J connectivity index is 1.53. The van der Waals surface area contributed by atoms with E-state index < -0.39 is 12.8 Å². The number of pyridine rings is 1. The van der Waals surface area contributed by atoms with Crippen molar-refractivity contribution >= 4 is 0 Å². The van der Waals surface area contributed by atoms with E-state index in [1.54, 1.807) is 53.6 Å². The minimum atomic E-state index is -4.40. The molecular weight excluding hydrogens is 387 g/mol. The molecule has 0 bridgehead atoms. The van der Waals surface area contributed by atoms with Gasteiger partial charge in [-0.05, 0) is 23.4 Å². The zero-order chi connectivity index (χ0) is 20.3. The summed E-state index contributed by atoms with van der Waals surface area (Å²) in [5, 5.41) is 13.8. The average molecular weight is 401 g/mol. The van der Waals surface area contributed by atoms with E-state index in [-0.39, 0.29) is 5.75 Å². The summed E-state index contributed by atoms with van der Waals surface area (Å²) in [6.07, 6.45) is 0.548. The number of hydrogen-bond acceptors (Lipinski definition) is 6. The summed E-state index contributed by atoms with van der Waals surface area (Å²) in [6, 6.07) is 10.1. The predicted octanol–water partition coefficient (Wildman–Crippen LogP) is 3.11. The van der Waals surface area contributed by atoms with Crippen molar-refractivity contribution in [2.45, 2.75) is 12.7 Å². The Kier molecular flexibility index (Phi) is 4.94. The number of para-hydroxylation sites is 1. The van der Waals surface area contributed by atoms with Crippen molar-refractivity contribution in [3.8, 4) is 28.5 Å². The fourth-order valence-electron chi connectivity index (χ4n) is 2.70. The minimum absolute atomic E-state index is 0.178. The highest BCUT2D eigenvalue weighted by atomic mass is 19.4. The van der Waals surface area contributed by atoms with Crippen molar-refractivity contribution < 1.29 is 17.9 Å². The number of alkyl halides is 3. The predicted molar refractivity (Wildman–Crippen MR) is 95.7 cm³/mol. The van der Waals surface area contributed by atoms with Gasteiger partial charge in [-0.1, -0.05) is 18.2 Å². The first-order chi connectivity index (χ1) is 14.0. The van der Waals surface area contributed by atoms with Gasteiger partial charge in [-0.15, -0.1) is 10.2 Å². The highest BCUT2D eigenvalue weighted by molar-refractivity contribution is 5.63. The van der Waals surface area contributed by atoms with Crippen molar-refractivity contribution in [2.75, 3.05) is 6.61 Å². The second-order valence-electron chi connectivity index (χ2n) is 6.11. The van der Waals surface area contributed by atoms with Gasteiger partial charge in [0.15, 0.2) is 6.61 Å². The quantitative estimate of drug-likeness (QED) is 0.534. The topological polar surface area (TPSA) is 94.4 Å². The average Bonchev–Trinajstić information content (AvgIpc) is 3.39. The zero-order valence-electron chi connectivity index (χ0n) is 14.8. The zero-order valence-corrected chi connectivity index (χ0v) is 14.8. The minimum Gasteiger partial charge on any atom is -0.484 e. The first-order valence-corrected chi connectivity index (χ1v) is 8.47. The second kappa shape index (κ2) is 7.70. The molecule has 4 aromatic rings. The van der Waals surface area contributed by atoms with Gasteiger partial charge in [0.25, 0.3) is 0 Å². The van der Waals surface area contributed by atoms with Crippen LogP contribution in [-0.4, -0.2) is 47.9 Å². The number of halogens is 3. The first kappa shape index (κ1) is 18.6. The number of ether oxygens (including phenoxy) is 1. The van der Waals surface area contributed by atoms with Gasteiger partial charge < -0.3 is 9.30 Å². The van der Waals surface area contributed by atoms with Gasteiger partial charge in [-0.3, -0.25) is 4.98 Å². The molecule has 0 saturated heterocycles. The third kappa shape index (κ3) is 4.57. The first-order valence-electron chi connectivity index (χ1n) is 8.47. The normalized spacial score (nSPS) is 11.6. The monoisotopic (exact) mass is 401 g/mol. The van der Waals surface area contributed by atoms with Crippen LogP contribution in [0.1, 0.15) is 5.56 Å². The Morgan fingerprint density at radius 3 is 2.72 bits per heavy atom. The number of hydrogen-bond donors (Lipinski definition) is 1. The molecule has 0 unspecified atom stereocenters. The number of H-pyrrole nitrogens is 1. The van der Waals surface area contributed by atoms with Crippen LogP contribution < -0.4 is 4.74 Å². The fraction of sp³-hybridized carbons (Fsp3) is 0.167. The molecule has 148 valence electrons. The van der Waals surface area contributed by atoms with Crippen LogP contribution in [0.4, 0.5) is 13.2 Å². The van der Waals surface area contributed by atoms with Gasteiger partial charge in [0, 0.05) is 23.5 Å². The molecule has 0 atom stereocenters. The smallest absolute Gasteiger partial charge is 0.422 e. The molecule has 3 heterocycles. The maximum atomic E-state index is 12.5. The number of aromatic nitrogens is 7. The Hall–Kier alpha value is -3.76. The lowest BCUT2D eigenvalue weighted by Crippen LogP contribution is -2.19. The van der Waals surface area contributed by atoms with E-state index in [1.165, 1.54) is 6.07 Å². The number of nitrogens with one attached hydrogen (secondary N) is 1. The van der Waals surface area contributed by atoms with Crippen LogP contribution in [0.2, 0.25) is 0 Å². The lowest BCUT2D eigenvalue weighted by molar-refractivity contribution is -0.153. The third-order valence-corrected chi connectivity index (χ3v) is 3.98. The maximum absolute atomic E-state index is 12.5. The number of imidazole rings is 1. The summed E-state index contributed by atoms with van der Waals surface area (Å²) in [5.74, 6) is 0.612. The van der Waals surface area contributed by atoms with E-state index in [1.807, 2.05) is 0 Å². The molecular formula is C18H14F3N7O. The molecule has 1 aromatic carbocycles. The summed E-state index contributed by atoms with van der Waals surface area (Å²) in [5.41, 5.74) is 2.54. The molecule has 29 heavy (non-hydrogen) atoms. The Morgan fingerprint density at radius 1 is 1.07 bits per heavy atom. The van der Waals surface area contributed by atoms with E-state index >= 15 is 0 Å². The number of benzene rings is 1. The molecule has 0 spiro atoms. The van der Waals surface area contributed by atoms with Gasteiger partial charge in [0.05, 0.1) is 18.6 Å². The lowest BCUT2D eigenvalue weighted by Gasteiger charge is -2.13. The molecule has 0 amide bonds. The molecule has 0 fully saturated rings. The number of rotatable bonds is 6. The lowest BCUT2D eigenvalue weighted by atomic mass is 10.2. The Morgan fingerprint density at radius 2 is 1.93 bits per heavy atom. The summed E-state index contributed by atoms with van der Waals surface area (Å²) in [7, 11) is 0. The second-order valence-corrected chi connectivity index (χ2v) is 6.11. The SMILES string of the molecule is FC(F)(F)COc1ccccc1Cn1cnc(-c2cc(-c3nn[nH]n3)ccn2)c1. The fourth-order valence-corrected chi connectivity index (χ4v) is 2.70. The molecule has 3 aromatic heterocycles. The molecule has 0 aliphatic rings. The summed E-state index contributed by atoms with van der Waals surface area (Å²) >= 11 is 0. The van der Waals surface area contributed by atoms with Crippen LogP contribution in [-0.2, 0) is 6.54 Å². The molecule has 11 heteroatoms. The standard InChI is InChI=1S/C18H14F3N7O/c19-18(20,21)10-29-16-4-2-1-3-13(16)8-28-9-15(23-11-28)14-7-12(5-6-22-14)17-24-26-27-25-17/h1-7,9,11H,8,10H2,(H,24,25,26,27). The van der Waals surface area contributed by atoms with E-state index in [2.05, 4.69) is 30.6 Å². The van der Waals surface area contributed by atoms with E-state index in [0.717, 1.165) is 5.56 Å². The molecule has 8 nitrogen and oxygen atoms in total. The van der Waals surface area contributed by atoms with Crippen molar-refractivity contribution in [3.63, 3.8) is 0 Å².